The van der Waals surface area contributed by atoms with Gasteiger partial charge in [0.2, 0.25) is 6.41 Å². The van der Waals surface area contributed by atoms with Crippen LogP contribution in [0.3, 0.4) is 0 Å². The Morgan fingerprint density at radius 3 is 2.25 bits per heavy atom. The number of benzene rings is 3. The Morgan fingerprint density at radius 2 is 1.62 bits per heavy atom. The van der Waals surface area contributed by atoms with Crippen molar-refractivity contribution in [1.82, 2.24) is 0 Å². The number of nitrogens with one attached hydrogen (secondary N) is 1. The summed E-state index contributed by atoms with van der Waals surface area (Å²) < 4.78 is 5.72. The van der Waals surface area contributed by atoms with Crippen molar-refractivity contribution < 1.29 is 9.53 Å². The predicted octanol–water partition coefficient (Wildman–Crippen LogP) is 4.52. The van der Waals surface area contributed by atoms with Crippen LogP contribution in [0.2, 0.25) is 0 Å². The fraction of sp³-hybridized carbons (Fsp3) is 0.0952. The quantitative estimate of drug-likeness (QED) is 0.679. The summed E-state index contributed by atoms with van der Waals surface area (Å²) >= 11 is 0. The molecule has 0 atom stereocenters. The van der Waals surface area contributed by atoms with Crippen LogP contribution in [0.5, 0.6) is 5.75 Å². The lowest BCUT2D eigenvalue weighted by Gasteiger charge is -2.16. The van der Waals surface area contributed by atoms with Crippen molar-refractivity contribution in [3.8, 4) is 16.9 Å². The lowest BCUT2D eigenvalue weighted by Crippen LogP contribution is -2.01. The van der Waals surface area contributed by atoms with Crippen LogP contribution < -0.4 is 10.1 Å². The molecule has 24 heavy (non-hydrogen) atoms. The summed E-state index contributed by atoms with van der Waals surface area (Å²) in [6.45, 7) is 0. The molecular formula is C21H19NO2. The van der Waals surface area contributed by atoms with Gasteiger partial charge in [-0.3, -0.25) is 4.79 Å². The van der Waals surface area contributed by atoms with E-state index in [0.29, 0.717) is 6.41 Å². The topological polar surface area (TPSA) is 38.3 Å². The minimum atomic E-state index is 0.697. The maximum absolute atomic E-state index is 10.9. The Bertz CT molecular complexity index is 814. The number of amides is 1. The third kappa shape index (κ3) is 3.46. The highest BCUT2D eigenvalue weighted by molar-refractivity contribution is 5.81. The second-order valence-corrected chi connectivity index (χ2v) is 5.51. The molecule has 3 aromatic rings. The molecule has 0 unspecified atom stereocenters. The maximum Gasteiger partial charge on any atom is 0.211 e. The van der Waals surface area contributed by atoms with Crippen LogP contribution in [-0.2, 0) is 11.2 Å². The first-order chi connectivity index (χ1) is 11.8. The van der Waals surface area contributed by atoms with E-state index < -0.39 is 0 Å². The Balaban J connectivity index is 2.12. The number of methoxy groups -OCH3 is 1. The van der Waals surface area contributed by atoms with Crippen molar-refractivity contribution in [1.29, 1.82) is 0 Å². The van der Waals surface area contributed by atoms with Gasteiger partial charge in [0.15, 0.2) is 0 Å². The van der Waals surface area contributed by atoms with E-state index >= 15 is 0 Å². The molecule has 0 saturated heterocycles. The smallest absolute Gasteiger partial charge is 0.211 e. The Hall–Kier alpha value is -3.07. The normalized spacial score (nSPS) is 10.2. The third-order valence-electron chi connectivity index (χ3n) is 3.92. The number of hydrogen-bond acceptors (Lipinski definition) is 2. The lowest BCUT2D eigenvalue weighted by atomic mass is 9.96. The Kier molecular flexibility index (Phi) is 4.92. The summed E-state index contributed by atoms with van der Waals surface area (Å²) in [5.41, 5.74) is 5.01. The van der Waals surface area contributed by atoms with Gasteiger partial charge in [0, 0.05) is 23.2 Å². The highest BCUT2D eigenvalue weighted by Crippen LogP contribution is 2.37. The van der Waals surface area contributed by atoms with Gasteiger partial charge in [0.25, 0.3) is 0 Å². The van der Waals surface area contributed by atoms with Gasteiger partial charge in [-0.05, 0) is 23.3 Å². The fourth-order valence-corrected chi connectivity index (χ4v) is 2.86. The molecule has 1 N–H and O–H groups in total. The summed E-state index contributed by atoms with van der Waals surface area (Å²) in [5, 5.41) is 2.76. The molecule has 0 aliphatic heterocycles. The van der Waals surface area contributed by atoms with Gasteiger partial charge < -0.3 is 10.1 Å². The molecular weight excluding hydrogens is 298 g/mol. The van der Waals surface area contributed by atoms with Crippen molar-refractivity contribution in [2.45, 2.75) is 6.42 Å². The highest BCUT2D eigenvalue weighted by atomic mass is 16.5. The lowest BCUT2D eigenvalue weighted by molar-refractivity contribution is -0.105. The average molecular weight is 317 g/mol. The number of hydrogen-bond donors (Lipinski definition) is 1. The zero-order valence-electron chi connectivity index (χ0n) is 13.5. The summed E-state index contributed by atoms with van der Waals surface area (Å²) in [6.07, 6.45) is 1.43. The third-order valence-corrected chi connectivity index (χ3v) is 3.92. The fourth-order valence-electron chi connectivity index (χ4n) is 2.86. The molecule has 3 rings (SSSR count). The number of carbonyl (C=O) groups is 1. The van der Waals surface area contributed by atoms with Gasteiger partial charge in [-0.15, -0.1) is 0 Å². The SMILES string of the molecule is COc1c(Cc2ccccc2)cc(NC=O)cc1-c1ccccc1. The minimum Gasteiger partial charge on any atom is -0.496 e. The van der Waals surface area contributed by atoms with E-state index in [1.165, 1.54) is 5.56 Å². The molecule has 0 aliphatic rings. The van der Waals surface area contributed by atoms with Crippen LogP contribution in [0.4, 0.5) is 5.69 Å². The first-order valence-corrected chi connectivity index (χ1v) is 7.82. The molecule has 3 aromatic carbocycles. The molecule has 0 radical (unpaired) electrons. The minimum absolute atomic E-state index is 0.697. The number of anilines is 1. The van der Waals surface area contributed by atoms with E-state index in [4.69, 9.17) is 4.74 Å². The van der Waals surface area contributed by atoms with E-state index in [9.17, 15) is 4.79 Å². The zero-order chi connectivity index (χ0) is 16.8. The van der Waals surface area contributed by atoms with E-state index in [1.807, 2.05) is 60.7 Å². The van der Waals surface area contributed by atoms with Gasteiger partial charge >= 0.3 is 0 Å². The van der Waals surface area contributed by atoms with E-state index in [2.05, 4.69) is 17.4 Å². The second kappa shape index (κ2) is 7.47. The molecule has 120 valence electrons. The van der Waals surface area contributed by atoms with Crippen LogP contribution in [0.25, 0.3) is 11.1 Å². The average Bonchev–Trinajstić information content (AvgIpc) is 2.63. The monoisotopic (exact) mass is 317 g/mol. The molecule has 3 nitrogen and oxygen atoms in total. The molecule has 3 heteroatoms. The molecule has 0 fully saturated rings. The second-order valence-electron chi connectivity index (χ2n) is 5.51. The van der Waals surface area contributed by atoms with Crippen molar-refractivity contribution in [2.75, 3.05) is 12.4 Å². The molecule has 0 bridgehead atoms. The van der Waals surface area contributed by atoms with Crippen molar-refractivity contribution in [2.24, 2.45) is 0 Å². The molecule has 0 heterocycles. The zero-order valence-corrected chi connectivity index (χ0v) is 13.5. The maximum atomic E-state index is 10.9. The van der Waals surface area contributed by atoms with E-state index in [1.54, 1.807) is 7.11 Å². The Labute approximate surface area is 141 Å². The predicted molar refractivity (Wildman–Crippen MR) is 97.4 cm³/mol. The van der Waals surface area contributed by atoms with Crippen LogP contribution >= 0.6 is 0 Å². The molecule has 1 amide bonds. The first kappa shape index (κ1) is 15.8. The van der Waals surface area contributed by atoms with Crippen LogP contribution in [-0.4, -0.2) is 13.5 Å². The summed E-state index contributed by atoms with van der Waals surface area (Å²) in [4.78, 5) is 10.9. The Morgan fingerprint density at radius 1 is 0.958 bits per heavy atom. The number of ether oxygens (including phenoxy) is 1. The summed E-state index contributed by atoms with van der Waals surface area (Å²) in [5.74, 6) is 0.835. The number of rotatable bonds is 6. The molecule has 0 saturated carbocycles. The van der Waals surface area contributed by atoms with Gasteiger partial charge in [-0.25, -0.2) is 0 Å². The standard InChI is InChI=1S/C21H19NO2/c1-24-21-18(12-16-8-4-2-5-9-16)13-19(22-15-23)14-20(21)17-10-6-3-7-11-17/h2-11,13-15H,12H2,1H3,(H,22,23). The highest BCUT2D eigenvalue weighted by Gasteiger charge is 2.14. The molecule has 0 spiro atoms. The van der Waals surface area contributed by atoms with Gasteiger partial charge in [0.1, 0.15) is 5.75 Å². The largest absolute Gasteiger partial charge is 0.496 e. The van der Waals surface area contributed by atoms with Gasteiger partial charge in [-0.1, -0.05) is 60.7 Å². The van der Waals surface area contributed by atoms with Crippen molar-refractivity contribution >= 4 is 12.1 Å². The van der Waals surface area contributed by atoms with Crippen LogP contribution in [0.1, 0.15) is 11.1 Å². The van der Waals surface area contributed by atoms with Gasteiger partial charge in [-0.2, -0.15) is 0 Å². The number of carbonyl (C=O) groups excluding carboxylic acids is 1. The van der Waals surface area contributed by atoms with Crippen LogP contribution in [0, 0.1) is 0 Å². The summed E-state index contributed by atoms with van der Waals surface area (Å²) in [7, 11) is 1.68. The first-order valence-electron chi connectivity index (χ1n) is 7.82. The van der Waals surface area contributed by atoms with Gasteiger partial charge in [0.05, 0.1) is 7.11 Å². The van der Waals surface area contributed by atoms with Crippen LogP contribution in [0.15, 0.2) is 72.8 Å². The van der Waals surface area contributed by atoms with E-state index in [0.717, 1.165) is 34.5 Å². The van der Waals surface area contributed by atoms with Crippen molar-refractivity contribution in [3.05, 3.63) is 83.9 Å². The van der Waals surface area contributed by atoms with Crippen molar-refractivity contribution in [3.63, 3.8) is 0 Å². The summed E-state index contributed by atoms with van der Waals surface area (Å²) in [6, 6.07) is 24.2. The van der Waals surface area contributed by atoms with E-state index in [-0.39, 0.29) is 0 Å². The molecule has 0 aliphatic carbocycles. The molecule has 0 aromatic heterocycles.